The van der Waals surface area contributed by atoms with Gasteiger partial charge in [-0.2, -0.15) is 0 Å². The van der Waals surface area contributed by atoms with Gasteiger partial charge < -0.3 is 15.2 Å². The van der Waals surface area contributed by atoms with Crippen LogP contribution in [0.1, 0.15) is 12.5 Å². The molecule has 0 atom stereocenters. The Bertz CT molecular complexity index is 1060. The quantitative estimate of drug-likeness (QED) is 0.565. The topological polar surface area (TPSA) is 98.9 Å². The Morgan fingerprint density at radius 2 is 1.73 bits per heavy atom. The van der Waals surface area contributed by atoms with Gasteiger partial charge in [-0.1, -0.05) is 23.7 Å². The molecule has 0 aliphatic carbocycles. The van der Waals surface area contributed by atoms with E-state index in [0.717, 1.165) is 0 Å². The number of anilines is 1. The Kier molecular flexibility index (Phi) is 6.23. The molecule has 7 nitrogen and oxygen atoms in total. The SMILES string of the molecule is COC(=O)C1=C(C)N(c2ccc(Cl)cc2)C(=O)/C1=C\c1ccc(OCC(N)=O)cc1. The van der Waals surface area contributed by atoms with Gasteiger partial charge in [0, 0.05) is 16.4 Å². The van der Waals surface area contributed by atoms with Crippen LogP contribution in [0.25, 0.3) is 6.08 Å². The largest absolute Gasteiger partial charge is 0.484 e. The van der Waals surface area contributed by atoms with Crippen molar-refractivity contribution in [2.75, 3.05) is 18.6 Å². The van der Waals surface area contributed by atoms with Crippen LogP contribution < -0.4 is 15.4 Å². The van der Waals surface area contributed by atoms with Gasteiger partial charge in [0.2, 0.25) is 0 Å². The molecule has 2 amide bonds. The first-order valence-electron chi connectivity index (χ1n) is 8.94. The normalized spacial score (nSPS) is 15.0. The van der Waals surface area contributed by atoms with Crippen molar-refractivity contribution in [1.29, 1.82) is 0 Å². The molecular formula is C22H19ClN2O5. The zero-order chi connectivity index (χ0) is 21.8. The molecule has 0 radical (unpaired) electrons. The highest BCUT2D eigenvalue weighted by molar-refractivity contribution is 6.30. The van der Waals surface area contributed by atoms with Gasteiger partial charge in [0.1, 0.15) is 5.75 Å². The second kappa shape index (κ2) is 8.84. The Morgan fingerprint density at radius 1 is 1.10 bits per heavy atom. The molecule has 0 fully saturated rings. The first kappa shape index (κ1) is 21.1. The predicted molar refractivity (Wildman–Crippen MR) is 113 cm³/mol. The minimum absolute atomic E-state index is 0.187. The number of halogens is 1. The Balaban J connectivity index is 1.98. The molecule has 154 valence electrons. The first-order valence-corrected chi connectivity index (χ1v) is 9.32. The monoisotopic (exact) mass is 426 g/mol. The van der Waals surface area contributed by atoms with E-state index in [-0.39, 0.29) is 23.7 Å². The van der Waals surface area contributed by atoms with Gasteiger partial charge in [0.15, 0.2) is 6.61 Å². The molecule has 1 heterocycles. The summed E-state index contributed by atoms with van der Waals surface area (Å²) in [6.45, 7) is 1.45. The molecular weight excluding hydrogens is 408 g/mol. The van der Waals surface area contributed by atoms with Crippen LogP contribution >= 0.6 is 11.6 Å². The summed E-state index contributed by atoms with van der Waals surface area (Å²) in [5.74, 6) is -1.09. The van der Waals surface area contributed by atoms with Crippen molar-refractivity contribution in [2.45, 2.75) is 6.92 Å². The number of hydrogen-bond donors (Lipinski definition) is 1. The van der Waals surface area contributed by atoms with Crippen LogP contribution in [0, 0.1) is 0 Å². The summed E-state index contributed by atoms with van der Waals surface area (Å²) >= 11 is 5.94. The van der Waals surface area contributed by atoms with E-state index >= 15 is 0 Å². The molecule has 30 heavy (non-hydrogen) atoms. The fourth-order valence-electron chi connectivity index (χ4n) is 3.06. The van der Waals surface area contributed by atoms with Crippen LogP contribution in [-0.4, -0.2) is 31.5 Å². The summed E-state index contributed by atoms with van der Waals surface area (Å²) in [7, 11) is 1.26. The zero-order valence-electron chi connectivity index (χ0n) is 16.3. The molecule has 1 aliphatic heterocycles. The molecule has 8 heteroatoms. The molecule has 0 bridgehead atoms. The van der Waals surface area contributed by atoms with Crippen molar-refractivity contribution in [3.05, 3.63) is 76.0 Å². The summed E-state index contributed by atoms with van der Waals surface area (Å²) in [5, 5.41) is 0.537. The van der Waals surface area contributed by atoms with Gasteiger partial charge in [0.05, 0.1) is 18.3 Å². The standard InChI is InChI=1S/C22H19ClN2O5/c1-13-20(22(28)29-2)18(21(27)25(13)16-7-5-15(23)6-8-16)11-14-3-9-17(10-4-14)30-12-19(24)26/h3-11H,12H2,1-2H3,(H2,24,26)/b18-11-. The Hall–Kier alpha value is -3.58. The number of nitrogens with zero attached hydrogens (tertiary/aromatic N) is 1. The second-order valence-electron chi connectivity index (χ2n) is 6.45. The molecule has 2 aromatic rings. The molecule has 0 spiro atoms. The van der Waals surface area contributed by atoms with Crippen LogP contribution in [0.3, 0.4) is 0 Å². The van der Waals surface area contributed by atoms with Crippen LogP contribution in [-0.2, 0) is 19.1 Å². The summed E-state index contributed by atoms with van der Waals surface area (Å²) < 4.78 is 10.1. The second-order valence-corrected chi connectivity index (χ2v) is 6.89. The van der Waals surface area contributed by atoms with Gasteiger partial charge in [-0.05, 0) is 55.0 Å². The number of methoxy groups -OCH3 is 1. The number of ether oxygens (including phenoxy) is 2. The summed E-state index contributed by atoms with van der Waals surface area (Å²) in [6, 6.07) is 13.4. The van der Waals surface area contributed by atoms with Gasteiger partial charge in [-0.15, -0.1) is 0 Å². The van der Waals surface area contributed by atoms with Crippen molar-refractivity contribution in [3.63, 3.8) is 0 Å². The van der Waals surface area contributed by atoms with Crippen molar-refractivity contribution in [2.24, 2.45) is 5.73 Å². The van der Waals surface area contributed by atoms with Crippen molar-refractivity contribution in [3.8, 4) is 5.75 Å². The number of benzene rings is 2. The number of primary amides is 1. The molecule has 3 rings (SSSR count). The van der Waals surface area contributed by atoms with Crippen LogP contribution in [0.5, 0.6) is 5.75 Å². The zero-order valence-corrected chi connectivity index (χ0v) is 17.1. The van der Waals surface area contributed by atoms with Crippen molar-refractivity contribution >= 4 is 41.1 Å². The van der Waals surface area contributed by atoms with Gasteiger partial charge >= 0.3 is 5.97 Å². The lowest BCUT2D eigenvalue weighted by Crippen LogP contribution is -2.24. The molecule has 0 saturated carbocycles. The third-order valence-corrected chi connectivity index (χ3v) is 4.70. The Labute approximate surface area is 178 Å². The van der Waals surface area contributed by atoms with E-state index in [1.54, 1.807) is 61.5 Å². The number of carbonyl (C=O) groups is 3. The molecule has 0 saturated heterocycles. The Morgan fingerprint density at radius 3 is 2.30 bits per heavy atom. The number of allylic oxidation sites excluding steroid dienone is 1. The number of nitrogens with two attached hydrogens (primary N) is 1. The number of hydrogen-bond acceptors (Lipinski definition) is 5. The minimum Gasteiger partial charge on any atom is -0.484 e. The van der Waals surface area contributed by atoms with Crippen molar-refractivity contribution < 1.29 is 23.9 Å². The third kappa shape index (κ3) is 4.36. The fourth-order valence-corrected chi connectivity index (χ4v) is 3.19. The van der Waals surface area contributed by atoms with E-state index in [2.05, 4.69) is 0 Å². The molecule has 0 aromatic heterocycles. The number of carbonyl (C=O) groups excluding carboxylic acids is 3. The smallest absolute Gasteiger partial charge is 0.340 e. The summed E-state index contributed by atoms with van der Waals surface area (Å²) in [6.07, 6.45) is 1.60. The third-order valence-electron chi connectivity index (χ3n) is 4.45. The maximum Gasteiger partial charge on any atom is 0.340 e. The first-order chi connectivity index (χ1) is 14.3. The predicted octanol–water partition coefficient (Wildman–Crippen LogP) is 3.08. The van der Waals surface area contributed by atoms with E-state index in [9.17, 15) is 14.4 Å². The summed E-state index contributed by atoms with van der Waals surface area (Å²) in [4.78, 5) is 37.9. The van der Waals surface area contributed by atoms with E-state index in [1.807, 2.05) is 0 Å². The van der Waals surface area contributed by atoms with Gasteiger partial charge in [-0.25, -0.2) is 4.79 Å². The molecule has 2 aromatic carbocycles. The average Bonchev–Trinajstić information content (AvgIpc) is 2.97. The highest BCUT2D eigenvalue weighted by atomic mass is 35.5. The lowest BCUT2D eigenvalue weighted by atomic mass is 10.0. The number of esters is 1. The van der Waals surface area contributed by atoms with Crippen molar-refractivity contribution in [1.82, 2.24) is 0 Å². The number of amides is 2. The highest BCUT2D eigenvalue weighted by Crippen LogP contribution is 2.35. The molecule has 2 N–H and O–H groups in total. The van der Waals surface area contributed by atoms with Crippen LogP contribution in [0.4, 0.5) is 5.69 Å². The average molecular weight is 427 g/mol. The van der Waals surface area contributed by atoms with Crippen LogP contribution in [0.15, 0.2) is 65.4 Å². The van der Waals surface area contributed by atoms with E-state index < -0.39 is 11.9 Å². The minimum atomic E-state index is -0.607. The number of rotatable bonds is 6. The fraction of sp³-hybridized carbons (Fsp3) is 0.136. The lowest BCUT2D eigenvalue weighted by molar-refractivity contribution is -0.136. The lowest BCUT2D eigenvalue weighted by Gasteiger charge is -2.17. The van der Waals surface area contributed by atoms with Crippen LogP contribution in [0.2, 0.25) is 5.02 Å². The van der Waals surface area contributed by atoms with E-state index in [0.29, 0.717) is 27.7 Å². The highest BCUT2D eigenvalue weighted by Gasteiger charge is 2.37. The molecule has 0 unspecified atom stereocenters. The van der Waals surface area contributed by atoms with Gasteiger partial charge in [0.25, 0.3) is 11.8 Å². The summed E-state index contributed by atoms with van der Waals surface area (Å²) in [5.41, 5.74) is 7.17. The molecule has 1 aliphatic rings. The maximum absolute atomic E-state index is 13.2. The van der Waals surface area contributed by atoms with E-state index in [4.69, 9.17) is 26.8 Å². The van der Waals surface area contributed by atoms with Gasteiger partial charge in [-0.3, -0.25) is 14.5 Å². The van der Waals surface area contributed by atoms with E-state index in [1.165, 1.54) is 12.0 Å². The maximum atomic E-state index is 13.2.